The van der Waals surface area contributed by atoms with Gasteiger partial charge in [-0.3, -0.25) is 10.1 Å². The van der Waals surface area contributed by atoms with Gasteiger partial charge >= 0.3 is 0 Å². The minimum Gasteiger partial charge on any atom is -0.316 e. The van der Waals surface area contributed by atoms with Crippen LogP contribution in [0.3, 0.4) is 0 Å². The second-order valence-corrected chi connectivity index (χ2v) is 4.47. The number of para-hydroxylation sites is 1. The molecule has 0 aliphatic heterocycles. The van der Waals surface area contributed by atoms with Gasteiger partial charge in [0.05, 0.1) is 10.4 Å². The molecule has 0 atom stereocenters. The predicted molar refractivity (Wildman–Crippen MR) is 74.7 cm³/mol. The Balaban J connectivity index is 2.19. The summed E-state index contributed by atoms with van der Waals surface area (Å²) in [6.45, 7) is 1.89. The van der Waals surface area contributed by atoms with E-state index in [9.17, 15) is 10.1 Å². The topological polar surface area (TPSA) is 48.1 Å². The van der Waals surface area contributed by atoms with Crippen molar-refractivity contribution in [2.75, 3.05) is 0 Å². The lowest BCUT2D eigenvalue weighted by atomic mass is 10.1. The summed E-state index contributed by atoms with van der Waals surface area (Å²) in [5.41, 5.74) is 3.07. The lowest BCUT2D eigenvalue weighted by Gasteiger charge is -2.08. The SMILES string of the molecule is Cc1cc([N+](=O)[O-])ccc1-n1ccc2ccccc21. The maximum absolute atomic E-state index is 10.8. The fraction of sp³-hybridized carbons (Fsp3) is 0.0667. The molecule has 0 amide bonds. The first-order valence-corrected chi connectivity index (χ1v) is 5.98. The zero-order valence-electron chi connectivity index (χ0n) is 10.4. The molecule has 4 heteroatoms. The van der Waals surface area contributed by atoms with Crippen molar-refractivity contribution in [2.45, 2.75) is 6.92 Å². The summed E-state index contributed by atoms with van der Waals surface area (Å²) in [6, 6.07) is 15.0. The van der Waals surface area contributed by atoms with Crippen molar-refractivity contribution in [2.24, 2.45) is 0 Å². The molecule has 0 unspecified atom stereocenters. The van der Waals surface area contributed by atoms with Crippen LogP contribution in [0.2, 0.25) is 0 Å². The van der Waals surface area contributed by atoms with E-state index in [4.69, 9.17) is 0 Å². The highest BCUT2D eigenvalue weighted by atomic mass is 16.6. The average Bonchev–Trinajstić information content (AvgIpc) is 2.82. The molecule has 0 aliphatic carbocycles. The quantitative estimate of drug-likeness (QED) is 0.513. The summed E-state index contributed by atoms with van der Waals surface area (Å²) in [7, 11) is 0. The van der Waals surface area contributed by atoms with E-state index in [1.807, 2.05) is 48.0 Å². The highest BCUT2D eigenvalue weighted by Crippen LogP contribution is 2.25. The Hall–Kier alpha value is -2.62. The molecule has 0 fully saturated rings. The third-order valence-corrected chi connectivity index (χ3v) is 3.25. The van der Waals surface area contributed by atoms with Crippen molar-refractivity contribution in [3.8, 4) is 5.69 Å². The number of nitro groups is 1. The molecule has 3 aromatic rings. The molecule has 0 bridgehead atoms. The Kier molecular flexibility index (Phi) is 2.56. The molecule has 19 heavy (non-hydrogen) atoms. The number of aryl methyl sites for hydroxylation is 1. The molecule has 2 aromatic carbocycles. The molecule has 3 rings (SSSR count). The molecule has 4 nitrogen and oxygen atoms in total. The molecule has 1 aromatic heterocycles. The minimum absolute atomic E-state index is 0.123. The van der Waals surface area contributed by atoms with Gasteiger partial charge in [0.2, 0.25) is 0 Å². The van der Waals surface area contributed by atoms with E-state index in [0.29, 0.717) is 0 Å². The van der Waals surface area contributed by atoms with Crippen molar-refractivity contribution in [3.63, 3.8) is 0 Å². The van der Waals surface area contributed by atoms with E-state index in [1.54, 1.807) is 12.1 Å². The Bertz CT molecular complexity index is 775. The highest BCUT2D eigenvalue weighted by Gasteiger charge is 2.10. The molecule has 0 radical (unpaired) electrons. The first-order valence-electron chi connectivity index (χ1n) is 5.98. The van der Waals surface area contributed by atoms with Crippen LogP contribution in [0.4, 0.5) is 5.69 Å². The molecule has 94 valence electrons. The maximum Gasteiger partial charge on any atom is 0.269 e. The van der Waals surface area contributed by atoms with E-state index in [1.165, 1.54) is 6.07 Å². The average molecular weight is 252 g/mol. The molecule has 0 N–H and O–H groups in total. The monoisotopic (exact) mass is 252 g/mol. The van der Waals surface area contributed by atoms with Gasteiger partial charge in [0, 0.05) is 24.0 Å². The van der Waals surface area contributed by atoms with Gasteiger partial charge in [-0.15, -0.1) is 0 Å². The van der Waals surface area contributed by atoms with Crippen LogP contribution in [0, 0.1) is 17.0 Å². The number of nitrogens with zero attached hydrogens (tertiary/aromatic N) is 2. The molecule has 0 spiro atoms. The maximum atomic E-state index is 10.8. The third kappa shape index (κ3) is 1.87. The van der Waals surface area contributed by atoms with Gasteiger partial charge in [-0.1, -0.05) is 18.2 Å². The number of non-ortho nitro benzene ring substituents is 1. The van der Waals surface area contributed by atoms with Crippen molar-refractivity contribution in [1.82, 2.24) is 4.57 Å². The van der Waals surface area contributed by atoms with Gasteiger partial charge in [0.1, 0.15) is 0 Å². The number of rotatable bonds is 2. The van der Waals surface area contributed by atoms with Crippen molar-refractivity contribution >= 4 is 16.6 Å². The molecule has 1 heterocycles. The van der Waals surface area contributed by atoms with Crippen LogP contribution in [0.15, 0.2) is 54.7 Å². The summed E-state index contributed by atoms with van der Waals surface area (Å²) in [5, 5.41) is 11.9. The highest BCUT2D eigenvalue weighted by molar-refractivity contribution is 5.82. The lowest BCUT2D eigenvalue weighted by Crippen LogP contribution is -1.97. The Morgan fingerprint density at radius 1 is 1.11 bits per heavy atom. The normalized spacial score (nSPS) is 10.8. The van der Waals surface area contributed by atoms with Gasteiger partial charge < -0.3 is 4.57 Å². The minimum atomic E-state index is -0.370. The number of aromatic nitrogens is 1. The van der Waals surface area contributed by atoms with E-state index < -0.39 is 0 Å². The van der Waals surface area contributed by atoms with Crippen molar-refractivity contribution < 1.29 is 4.92 Å². The second-order valence-electron chi connectivity index (χ2n) is 4.47. The number of fused-ring (bicyclic) bond motifs is 1. The molecule has 0 saturated carbocycles. The summed E-state index contributed by atoms with van der Waals surface area (Å²) < 4.78 is 2.05. The largest absolute Gasteiger partial charge is 0.316 e. The summed E-state index contributed by atoms with van der Waals surface area (Å²) in [6.07, 6.45) is 1.98. The van der Waals surface area contributed by atoms with Crippen molar-refractivity contribution in [3.05, 3.63) is 70.4 Å². The van der Waals surface area contributed by atoms with Gasteiger partial charge in [-0.05, 0) is 36.1 Å². The van der Waals surface area contributed by atoms with Crippen LogP contribution < -0.4 is 0 Å². The number of hydrogen-bond donors (Lipinski definition) is 0. The predicted octanol–water partition coefficient (Wildman–Crippen LogP) is 3.85. The lowest BCUT2D eigenvalue weighted by molar-refractivity contribution is -0.384. The zero-order chi connectivity index (χ0) is 13.4. The Labute approximate surface area is 110 Å². The molecular weight excluding hydrogens is 240 g/mol. The van der Waals surface area contributed by atoms with Crippen molar-refractivity contribution in [1.29, 1.82) is 0 Å². The summed E-state index contributed by atoms with van der Waals surface area (Å²) in [5.74, 6) is 0. The van der Waals surface area contributed by atoms with Crippen LogP contribution in [0.25, 0.3) is 16.6 Å². The Morgan fingerprint density at radius 2 is 1.89 bits per heavy atom. The smallest absolute Gasteiger partial charge is 0.269 e. The van der Waals surface area contributed by atoms with Gasteiger partial charge in [-0.2, -0.15) is 0 Å². The first kappa shape index (κ1) is 11.5. The van der Waals surface area contributed by atoms with Crippen LogP contribution in [0.1, 0.15) is 5.56 Å². The fourth-order valence-corrected chi connectivity index (χ4v) is 2.32. The second kappa shape index (κ2) is 4.24. The summed E-state index contributed by atoms with van der Waals surface area (Å²) in [4.78, 5) is 10.4. The van der Waals surface area contributed by atoms with E-state index in [-0.39, 0.29) is 10.6 Å². The number of hydrogen-bond acceptors (Lipinski definition) is 2. The van der Waals surface area contributed by atoms with Gasteiger partial charge in [-0.25, -0.2) is 0 Å². The van der Waals surface area contributed by atoms with E-state index >= 15 is 0 Å². The van der Waals surface area contributed by atoms with Crippen LogP contribution in [-0.4, -0.2) is 9.49 Å². The third-order valence-electron chi connectivity index (χ3n) is 3.25. The molecular formula is C15H12N2O2. The number of nitro benzene ring substituents is 1. The number of benzene rings is 2. The Morgan fingerprint density at radius 3 is 2.63 bits per heavy atom. The fourth-order valence-electron chi connectivity index (χ4n) is 2.32. The zero-order valence-corrected chi connectivity index (χ0v) is 10.4. The van der Waals surface area contributed by atoms with Gasteiger partial charge in [0.25, 0.3) is 5.69 Å². The van der Waals surface area contributed by atoms with Gasteiger partial charge in [0.15, 0.2) is 0 Å². The van der Waals surface area contributed by atoms with Crippen LogP contribution in [-0.2, 0) is 0 Å². The first-order chi connectivity index (χ1) is 9.16. The molecule has 0 saturated heterocycles. The molecule has 0 aliphatic rings. The standard InChI is InChI=1S/C15H12N2O2/c1-11-10-13(17(18)19)6-7-14(11)16-9-8-12-4-2-3-5-15(12)16/h2-10H,1H3. The van der Waals surface area contributed by atoms with E-state index in [0.717, 1.165) is 22.2 Å². The van der Waals surface area contributed by atoms with E-state index in [2.05, 4.69) is 0 Å². The van der Waals surface area contributed by atoms with Crippen LogP contribution in [0.5, 0.6) is 0 Å². The van der Waals surface area contributed by atoms with Crippen LogP contribution >= 0.6 is 0 Å². The summed E-state index contributed by atoms with van der Waals surface area (Å²) >= 11 is 0.